The van der Waals surface area contributed by atoms with Gasteiger partial charge in [-0.15, -0.1) is 0 Å². The van der Waals surface area contributed by atoms with Crippen molar-refractivity contribution in [3.8, 4) is 0 Å². The molecule has 0 aliphatic rings. The molecule has 5 heteroatoms. The molecule has 0 aromatic rings. The van der Waals surface area contributed by atoms with Gasteiger partial charge in [0.2, 0.25) is 0 Å². The predicted octanol–water partition coefficient (Wildman–Crippen LogP) is -0.699. The van der Waals surface area contributed by atoms with Crippen LogP contribution in [-0.4, -0.2) is 36.3 Å². The van der Waals surface area contributed by atoms with Gasteiger partial charge in [-0.25, -0.2) is 4.89 Å². The molecule has 0 aliphatic carbocycles. The molecule has 0 atom stereocenters. The normalized spacial score (nSPS) is 9.11. The van der Waals surface area contributed by atoms with Crippen molar-refractivity contribution in [2.24, 2.45) is 5.73 Å². The molecular weight excluding hydrogens is 122 g/mol. The summed E-state index contributed by atoms with van der Waals surface area (Å²) in [5, 5.41) is 14.7. The average Bonchev–Trinajstić information content (AvgIpc) is 1.82. The Balaban J connectivity index is 3.27. The molecule has 0 aromatic heterocycles. The molecule has 0 aromatic carbocycles. The largest absolute Gasteiger partial charge is 0.370 e. The van der Waals surface area contributed by atoms with Crippen molar-refractivity contribution in [2.45, 2.75) is 0 Å². The van der Waals surface area contributed by atoms with Crippen molar-refractivity contribution in [1.29, 1.82) is 5.41 Å². The number of nitrogens with zero attached hydrogens (tertiary/aromatic N) is 1. The summed E-state index contributed by atoms with van der Waals surface area (Å²) < 4.78 is 0. The van der Waals surface area contributed by atoms with Gasteiger partial charge in [0.15, 0.2) is 5.96 Å². The molecule has 0 rings (SSSR count). The quantitative estimate of drug-likeness (QED) is 0.206. The van der Waals surface area contributed by atoms with Crippen LogP contribution in [0.15, 0.2) is 0 Å². The first kappa shape index (κ1) is 8.19. The molecular formula is C4H11N3O2. The maximum Gasteiger partial charge on any atom is 0.188 e. The van der Waals surface area contributed by atoms with Crippen molar-refractivity contribution < 1.29 is 10.1 Å². The van der Waals surface area contributed by atoms with Crippen LogP contribution in [0.25, 0.3) is 0 Å². The maximum atomic E-state index is 7.86. The van der Waals surface area contributed by atoms with Crippen molar-refractivity contribution in [3.63, 3.8) is 0 Å². The van der Waals surface area contributed by atoms with Crippen LogP contribution in [0.3, 0.4) is 0 Å². The summed E-state index contributed by atoms with van der Waals surface area (Å²) in [6.45, 7) is 0.585. The van der Waals surface area contributed by atoms with E-state index in [0.717, 1.165) is 0 Å². The monoisotopic (exact) mass is 133 g/mol. The maximum absolute atomic E-state index is 7.86. The zero-order chi connectivity index (χ0) is 7.28. The van der Waals surface area contributed by atoms with Gasteiger partial charge in [0.25, 0.3) is 0 Å². The van der Waals surface area contributed by atoms with E-state index in [-0.39, 0.29) is 12.6 Å². The highest BCUT2D eigenvalue weighted by molar-refractivity contribution is 5.74. The van der Waals surface area contributed by atoms with Gasteiger partial charge < -0.3 is 10.6 Å². The van der Waals surface area contributed by atoms with Crippen LogP contribution in [0.2, 0.25) is 0 Å². The molecule has 5 nitrogen and oxygen atoms in total. The molecule has 0 fully saturated rings. The summed E-state index contributed by atoms with van der Waals surface area (Å²) >= 11 is 0. The van der Waals surface area contributed by atoms with E-state index in [9.17, 15) is 0 Å². The predicted molar refractivity (Wildman–Crippen MR) is 33.1 cm³/mol. The Hall–Kier alpha value is -0.810. The first-order valence-electron chi connectivity index (χ1n) is 2.50. The lowest BCUT2D eigenvalue weighted by Gasteiger charge is -2.14. The van der Waals surface area contributed by atoms with Crippen LogP contribution < -0.4 is 5.73 Å². The van der Waals surface area contributed by atoms with E-state index in [0.29, 0.717) is 6.54 Å². The number of nitrogens with two attached hydrogens (primary N) is 1. The van der Waals surface area contributed by atoms with Crippen LogP contribution >= 0.6 is 0 Å². The molecule has 0 saturated heterocycles. The Morgan fingerprint density at radius 1 is 1.89 bits per heavy atom. The Morgan fingerprint density at radius 2 is 2.44 bits per heavy atom. The van der Waals surface area contributed by atoms with Gasteiger partial charge in [0, 0.05) is 13.6 Å². The first-order chi connectivity index (χ1) is 4.18. The van der Waals surface area contributed by atoms with Crippen LogP contribution in [0, 0.1) is 5.41 Å². The van der Waals surface area contributed by atoms with Gasteiger partial charge in [-0.05, 0) is 0 Å². The smallest absolute Gasteiger partial charge is 0.188 e. The van der Waals surface area contributed by atoms with Crippen LogP contribution in [0.1, 0.15) is 0 Å². The van der Waals surface area contributed by atoms with E-state index in [1.54, 1.807) is 7.05 Å². The van der Waals surface area contributed by atoms with E-state index in [4.69, 9.17) is 16.4 Å². The number of guanidine groups is 1. The third-order valence-electron chi connectivity index (χ3n) is 0.929. The third kappa shape index (κ3) is 3.75. The van der Waals surface area contributed by atoms with E-state index >= 15 is 0 Å². The minimum absolute atomic E-state index is 0.0351. The Morgan fingerprint density at radius 3 is 2.78 bits per heavy atom. The number of nitrogens with one attached hydrogen (secondary N) is 1. The molecule has 54 valence electrons. The van der Waals surface area contributed by atoms with Gasteiger partial charge in [-0.1, -0.05) is 0 Å². The molecule has 0 spiro atoms. The molecule has 0 radical (unpaired) electrons. The topological polar surface area (TPSA) is 82.6 Å². The standard InChI is InChI=1S/C4H11N3O2/c1-7(4(5)6)2-3-9-8/h8H,2-3H2,1H3,(H3,5,6). The lowest BCUT2D eigenvalue weighted by Crippen LogP contribution is -2.35. The highest BCUT2D eigenvalue weighted by atomic mass is 17.1. The summed E-state index contributed by atoms with van der Waals surface area (Å²) in [5.74, 6) is -0.0351. The zero-order valence-corrected chi connectivity index (χ0v) is 5.29. The van der Waals surface area contributed by atoms with Crippen molar-refractivity contribution in [1.82, 2.24) is 4.90 Å². The lowest BCUT2D eigenvalue weighted by molar-refractivity contribution is -0.242. The second kappa shape index (κ2) is 4.11. The number of likely N-dealkylation sites (N-methyl/N-ethyl adjacent to an activating group) is 1. The fourth-order valence-electron chi connectivity index (χ4n) is 0.298. The molecule has 0 saturated carbocycles. The highest BCUT2D eigenvalue weighted by Gasteiger charge is 1.96. The van der Waals surface area contributed by atoms with Gasteiger partial charge in [-0.2, -0.15) is 0 Å². The van der Waals surface area contributed by atoms with Gasteiger partial charge >= 0.3 is 0 Å². The van der Waals surface area contributed by atoms with E-state index in [1.165, 1.54) is 4.90 Å². The average molecular weight is 133 g/mol. The fourth-order valence-corrected chi connectivity index (χ4v) is 0.298. The summed E-state index contributed by atoms with van der Waals surface area (Å²) in [5.41, 5.74) is 5.05. The Labute approximate surface area is 53.5 Å². The zero-order valence-electron chi connectivity index (χ0n) is 5.29. The van der Waals surface area contributed by atoms with Gasteiger partial charge in [0.1, 0.15) is 0 Å². The molecule has 0 unspecified atom stereocenters. The number of hydrogen-bond donors (Lipinski definition) is 3. The van der Waals surface area contributed by atoms with Crippen molar-refractivity contribution in [3.05, 3.63) is 0 Å². The molecule has 0 heterocycles. The van der Waals surface area contributed by atoms with Crippen LogP contribution in [0.5, 0.6) is 0 Å². The minimum atomic E-state index is -0.0351. The summed E-state index contributed by atoms with van der Waals surface area (Å²) in [4.78, 5) is 5.22. The molecule has 0 aliphatic heterocycles. The van der Waals surface area contributed by atoms with Gasteiger partial charge in [0.05, 0.1) is 6.61 Å². The fraction of sp³-hybridized carbons (Fsp3) is 0.750. The minimum Gasteiger partial charge on any atom is -0.370 e. The second-order valence-corrected chi connectivity index (χ2v) is 1.64. The molecule has 9 heavy (non-hydrogen) atoms. The number of hydrogen-bond acceptors (Lipinski definition) is 3. The highest BCUT2D eigenvalue weighted by Crippen LogP contribution is 1.77. The van der Waals surface area contributed by atoms with E-state index in [1.807, 2.05) is 0 Å². The SMILES string of the molecule is CN(CCOO)C(=N)N. The van der Waals surface area contributed by atoms with E-state index in [2.05, 4.69) is 4.89 Å². The lowest BCUT2D eigenvalue weighted by atomic mass is 10.6. The summed E-state index contributed by atoms with van der Waals surface area (Å²) in [6.07, 6.45) is 0. The van der Waals surface area contributed by atoms with Crippen molar-refractivity contribution >= 4 is 5.96 Å². The van der Waals surface area contributed by atoms with Gasteiger partial charge in [-0.3, -0.25) is 10.7 Å². The second-order valence-electron chi connectivity index (χ2n) is 1.64. The first-order valence-corrected chi connectivity index (χ1v) is 2.50. The molecule has 0 amide bonds. The third-order valence-corrected chi connectivity index (χ3v) is 0.929. The summed E-state index contributed by atoms with van der Waals surface area (Å²) in [7, 11) is 1.64. The number of rotatable bonds is 3. The van der Waals surface area contributed by atoms with Crippen LogP contribution in [0.4, 0.5) is 0 Å². The molecule has 4 N–H and O–H groups in total. The van der Waals surface area contributed by atoms with Crippen LogP contribution in [-0.2, 0) is 4.89 Å². The Kier molecular flexibility index (Phi) is 3.74. The molecule has 0 bridgehead atoms. The van der Waals surface area contributed by atoms with Crippen molar-refractivity contribution in [2.75, 3.05) is 20.2 Å². The van der Waals surface area contributed by atoms with E-state index < -0.39 is 0 Å². The summed E-state index contributed by atoms with van der Waals surface area (Å²) in [6, 6.07) is 0. The Bertz CT molecular complexity index is 95.8.